The van der Waals surface area contributed by atoms with E-state index in [-0.39, 0.29) is 0 Å². The second-order valence-corrected chi connectivity index (χ2v) is 5.33. The van der Waals surface area contributed by atoms with Crippen LogP contribution in [0, 0.1) is 18.5 Å². The standard InChI is InChI=1S/C14H16N4S/c1-4-5-10-7-11(19)18-14(16-10)12-8(2)6-9(3)15-13(12)17-18/h6-7H,4-5H2,1-3H3,(H,15,17). The maximum atomic E-state index is 5.44. The summed E-state index contributed by atoms with van der Waals surface area (Å²) in [6.07, 6.45) is 2.02. The number of nitrogens with one attached hydrogen (secondary N) is 1. The molecule has 0 bridgehead atoms. The smallest absolute Gasteiger partial charge is 0.164 e. The molecule has 98 valence electrons. The maximum Gasteiger partial charge on any atom is 0.164 e. The maximum absolute atomic E-state index is 5.44. The lowest BCUT2D eigenvalue weighted by Gasteiger charge is -2.01. The van der Waals surface area contributed by atoms with Gasteiger partial charge in [0.05, 0.1) is 5.39 Å². The van der Waals surface area contributed by atoms with Crippen molar-refractivity contribution in [3.63, 3.8) is 0 Å². The van der Waals surface area contributed by atoms with Crippen LogP contribution in [0.3, 0.4) is 0 Å². The third-order valence-electron chi connectivity index (χ3n) is 3.26. The summed E-state index contributed by atoms with van der Waals surface area (Å²) in [4.78, 5) is 9.26. The van der Waals surface area contributed by atoms with Gasteiger partial charge in [-0.2, -0.15) is 0 Å². The first-order valence-electron chi connectivity index (χ1n) is 6.48. The highest BCUT2D eigenvalue weighted by Gasteiger charge is 2.11. The molecule has 3 aromatic rings. The van der Waals surface area contributed by atoms with Crippen molar-refractivity contribution in [2.24, 2.45) is 0 Å². The van der Waals surface area contributed by atoms with Gasteiger partial charge in [0.15, 0.2) is 11.3 Å². The normalized spacial score (nSPS) is 11.5. The second kappa shape index (κ2) is 4.42. The third kappa shape index (κ3) is 1.94. The molecule has 0 saturated carbocycles. The Morgan fingerprint density at radius 2 is 2.05 bits per heavy atom. The Balaban J connectivity index is 2.46. The van der Waals surface area contributed by atoms with Crippen molar-refractivity contribution >= 4 is 28.9 Å². The molecule has 3 aromatic heterocycles. The number of fused-ring (bicyclic) bond motifs is 3. The second-order valence-electron chi connectivity index (χ2n) is 4.91. The van der Waals surface area contributed by atoms with E-state index in [0.717, 1.165) is 45.6 Å². The zero-order valence-electron chi connectivity index (χ0n) is 11.3. The van der Waals surface area contributed by atoms with Crippen LogP contribution in [0.1, 0.15) is 30.3 Å². The lowest BCUT2D eigenvalue weighted by molar-refractivity contribution is 0.854. The predicted octanol–water partition coefficient (Wildman–Crippen LogP) is 3.51. The Kier molecular flexibility index (Phi) is 2.86. The van der Waals surface area contributed by atoms with E-state index in [1.165, 1.54) is 5.56 Å². The molecular weight excluding hydrogens is 256 g/mol. The lowest BCUT2D eigenvalue weighted by atomic mass is 10.2. The molecule has 1 N–H and O–H groups in total. The number of aromatic amines is 1. The molecule has 0 aliphatic rings. The summed E-state index contributed by atoms with van der Waals surface area (Å²) in [6.45, 7) is 6.22. The molecule has 0 aliphatic carbocycles. The Morgan fingerprint density at radius 3 is 2.79 bits per heavy atom. The predicted molar refractivity (Wildman–Crippen MR) is 79.1 cm³/mol. The molecule has 0 saturated heterocycles. The van der Waals surface area contributed by atoms with E-state index >= 15 is 0 Å². The summed E-state index contributed by atoms with van der Waals surface area (Å²) < 4.78 is 2.60. The Bertz CT molecular complexity index is 829. The van der Waals surface area contributed by atoms with Crippen LogP contribution in [0.25, 0.3) is 16.7 Å². The van der Waals surface area contributed by atoms with Gasteiger partial charge in [-0.25, -0.2) is 14.5 Å². The number of pyridine rings is 1. The average Bonchev–Trinajstić information content (AvgIpc) is 2.68. The highest BCUT2D eigenvalue weighted by Crippen LogP contribution is 2.22. The van der Waals surface area contributed by atoms with Crippen LogP contribution >= 0.6 is 12.2 Å². The van der Waals surface area contributed by atoms with Gasteiger partial charge in [-0.05, 0) is 38.0 Å². The van der Waals surface area contributed by atoms with Gasteiger partial charge in [-0.1, -0.05) is 25.6 Å². The highest BCUT2D eigenvalue weighted by atomic mass is 32.1. The minimum absolute atomic E-state index is 0.753. The van der Waals surface area contributed by atoms with E-state index in [2.05, 4.69) is 30.0 Å². The SMILES string of the molecule is CCCc1cc(=S)n2[nH]c3nc(C)cc(C)c3c2n1. The molecule has 0 atom stereocenters. The van der Waals surface area contributed by atoms with Crippen LogP contribution < -0.4 is 0 Å². The molecule has 3 heterocycles. The van der Waals surface area contributed by atoms with Crippen LogP contribution in [-0.2, 0) is 6.42 Å². The molecule has 0 radical (unpaired) electrons. The molecular formula is C14H16N4S. The van der Waals surface area contributed by atoms with Crippen LogP contribution in [0.15, 0.2) is 12.1 Å². The molecule has 0 amide bonds. The van der Waals surface area contributed by atoms with E-state index in [1.54, 1.807) is 0 Å². The monoisotopic (exact) mass is 272 g/mol. The van der Waals surface area contributed by atoms with Crippen LogP contribution in [-0.4, -0.2) is 19.6 Å². The largest absolute Gasteiger partial charge is 0.274 e. The highest BCUT2D eigenvalue weighted by molar-refractivity contribution is 7.71. The number of nitrogens with zero attached hydrogens (tertiary/aromatic N) is 3. The number of H-pyrrole nitrogens is 1. The van der Waals surface area contributed by atoms with Gasteiger partial charge in [-0.15, -0.1) is 0 Å². The lowest BCUT2D eigenvalue weighted by Crippen LogP contribution is -1.97. The minimum Gasteiger partial charge on any atom is -0.274 e. The van der Waals surface area contributed by atoms with Crippen LogP contribution in [0.4, 0.5) is 0 Å². The topological polar surface area (TPSA) is 46.0 Å². The van der Waals surface area contributed by atoms with Crippen molar-refractivity contribution in [3.05, 3.63) is 33.7 Å². The van der Waals surface area contributed by atoms with Gasteiger partial charge >= 0.3 is 0 Å². The zero-order chi connectivity index (χ0) is 13.6. The Morgan fingerprint density at radius 1 is 1.26 bits per heavy atom. The molecule has 0 aliphatic heterocycles. The van der Waals surface area contributed by atoms with Crippen molar-refractivity contribution < 1.29 is 0 Å². The summed E-state index contributed by atoms with van der Waals surface area (Å²) in [5.74, 6) is 0. The molecule has 3 rings (SSSR count). The van der Waals surface area contributed by atoms with Crippen LogP contribution in [0.2, 0.25) is 0 Å². The summed E-state index contributed by atoms with van der Waals surface area (Å²) in [6, 6.07) is 4.04. The van der Waals surface area contributed by atoms with E-state index in [0.29, 0.717) is 0 Å². The van der Waals surface area contributed by atoms with E-state index < -0.39 is 0 Å². The molecule has 0 spiro atoms. The summed E-state index contributed by atoms with van der Waals surface area (Å²) in [5.41, 5.74) is 4.96. The number of aromatic nitrogens is 4. The molecule has 0 fully saturated rings. The zero-order valence-corrected chi connectivity index (χ0v) is 12.1. The Labute approximate surface area is 116 Å². The number of aryl methyl sites for hydroxylation is 3. The quantitative estimate of drug-likeness (QED) is 0.726. The van der Waals surface area contributed by atoms with E-state index in [4.69, 9.17) is 17.2 Å². The van der Waals surface area contributed by atoms with Crippen LogP contribution in [0.5, 0.6) is 0 Å². The first-order valence-corrected chi connectivity index (χ1v) is 6.89. The molecule has 5 heteroatoms. The Hall–Kier alpha value is -1.75. The molecule has 0 aromatic carbocycles. The summed E-state index contributed by atoms with van der Waals surface area (Å²) >= 11 is 5.44. The van der Waals surface area contributed by atoms with Crippen molar-refractivity contribution in [1.82, 2.24) is 19.6 Å². The van der Waals surface area contributed by atoms with Crippen molar-refractivity contribution in [2.75, 3.05) is 0 Å². The fourth-order valence-corrected chi connectivity index (χ4v) is 2.76. The van der Waals surface area contributed by atoms with Gasteiger partial charge in [0.2, 0.25) is 0 Å². The fraction of sp³-hybridized carbons (Fsp3) is 0.357. The van der Waals surface area contributed by atoms with Gasteiger partial charge in [-0.3, -0.25) is 5.10 Å². The molecule has 19 heavy (non-hydrogen) atoms. The molecule has 0 unspecified atom stereocenters. The number of rotatable bonds is 2. The van der Waals surface area contributed by atoms with E-state index in [1.807, 2.05) is 17.5 Å². The minimum atomic E-state index is 0.753. The number of hydrogen-bond acceptors (Lipinski definition) is 3. The average molecular weight is 272 g/mol. The van der Waals surface area contributed by atoms with E-state index in [9.17, 15) is 0 Å². The fourth-order valence-electron chi connectivity index (χ4n) is 2.50. The van der Waals surface area contributed by atoms with Crippen molar-refractivity contribution in [1.29, 1.82) is 0 Å². The number of hydrogen-bond donors (Lipinski definition) is 1. The van der Waals surface area contributed by atoms with Gasteiger partial charge < -0.3 is 0 Å². The van der Waals surface area contributed by atoms with Gasteiger partial charge in [0.25, 0.3) is 0 Å². The van der Waals surface area contributed by atoms with Gasteiger partial charge in [0.1, 0.15) is 4.64 Å². The summed E-state index contributed by atoms with van der Waals surface area (Å²) in [5, 5.41) is 4.30. The molecule has 4 nitrogen and oxygen atoms in total. The van der Waals surface area contributed by atoms with Gasteiger partial charge in [0, 0.05) is 11.4 Å². The summed E-state index contributed by atoms with van der Waals surface area (Å²) in [7, 11) is 0. The first-order chi connectivity index (χ1) is 9.10. The van der Waals surface area contributed by atoms with Crippen molar-refractivity contribution in [2.45, 2.75) is 33.6 Å². The van der Waals surface area contributed by atoms with Crippen molar-refractivity contribution in [3.8, 4) is 0 Å². The third-order valence-corrected chi connectivity index (χ3v) is 3.56. The first kappa shape index (κ1) is 12.3.